The van der Waals surface area contributed by atoms with Crippen molar-refractivity contribution in [3.63, 3.8) is 0 Å². The van der Waals surface area contributed by atoms with Crippen LogP contribution < -0.4 is 0 Å². The smallest absolute Gasteiger partial charge is 0.334 e. The topological polar surface area (TPSA) is 62.7 Å². The van der Waals surface area contributed by atoms with E-state index in [-0.39, 0.29) is 0 Å². The minimum Gasteiger partial charge on any atom is -0.395 e. The number of hydrogen-bond acceptors (Lipinski definition) is 8. The Bertz CT molecular complexity index is 917. The van der Waals surface area contributed by atoms with Gasteiger partial charge in [0.15, 0.2) is 0 Å². The molecular formula is C28H49ClF2N2O4S2Si2. The van der Waals surface area contributed by atoms with Crippen LogP contribution in [0.5, 0.6) is 0 Å². The van der Waals surface area contributed by atoms with Crippen LogP contribution in [0.15, 0.2) is 36.7 Å². The average molecular weight is 671 g/mol. The van der Waals surface area contributed by atoms with Gasteiger partial charge in [0.2, 0.25) is 11.9 Å². The molecule has 0 aliphatic carbocycles. The van der Waals surface area contributed by atoms with Crippen LogP contribution in [-0.2, 0) is 29.3 Å². The van der Waals surface area contributed by atoms with E-state index in [1.54, 1.807) is 6.07 Å². The van der Waals surface area contributed by atoms with E-state index in [4.69, 9.17) is 29.3 Å². The van der Waals surface area contributed by atoms with Gasteiger partial charge in [-0.15, -0.1) is 11.6 Å². The number of pyridine rings is 2. The molecule has 0 spiro atoms. The molecule has 0 radical (unpaired) electrons. The number of thioether (sulfide) groups is 1. The molecule has 6 nitrogen and oxygen atoms in total. The minimum absolute atomic E-state index is 0.333. The van der Waals surface area contributed by atoms with Crippen molar-refractivity contribution in [1.29, 1.82) is 0 Å². The van der Waals surface area contributed by atoms with Crippen LogP contribution >= 0.6 is 36.0 Å². The molecule has 236 valence electrons. The Morgan fingerprint density at radius 2 is 1.22 bits per heavy atom. The Kier molecular flexibility index (Phi) is 24.5. The molecule has 0 unspecified atom stereocenters. The molecule has 41 heavy (non-hydrogen) atoms. The fourth-order valence-corrected chi connectivity index (χ4v) is 10.3. The lowest BCUT2D eigenvalue weighted by atomic mass is 10.3. The predicted molar refractivity (Wildman–Crippen MR) is 177 cm³/mol. The van der Waals surface area contributed by atoms with Gasteiger partial charge in [0.05, 0.1) is 0 Å². The van der Waals surface area contributed by atoms with Gasteiger partial charge in [-0.1, -0.05) is 0 Å². The van der Waals surface area contributed by atoms with Crippen LogP contribution in [0.3, 0.4) is 0 Å². The molecule has 2 rings (SSSR count). The number of aromatic nitrogens is 2. The van der Waals surface area contributed by atoms with Crippen molar-refractivity contribution >= 4 is 53.1 Å². The van der Waals surface area contributed by atoms with Crippen molar-refractivity contribution in [3.8, 4) is 0 Å². The zero-order chi connectivity index (χ0) is 31.0. The Labute approximate surface area is 263 Å². The van der Waals surface area contributed by atoms with E-state index >= 15 is 0 Å². The lowest BCUT2D eigenvalue weighted by Crippen LogP contribution is -2.38. The molecule has 0 amide bonds. The highest BCUT2D eigenvalue weighted by atomic mass is 35.5. The Balaban J connectivity index is 0.000000645. The largest absolute Gasteiger partial charge is 0.395 e. The maximum absolute atomic E-state index is 12.9. The lowest BCUT2D eigenvalue weighted by Gasteiger charge is -2.25. The quantitative estimate of drug-likeness (QED) is 0.0562. The number of halogens is 3. The summed E-state index contributed by atoms with van der Waals surface area (Å²) in [7, 11) is -3.79. The first-order valence-corrected chi connectivity index (χ1v) is 21.5. The van der Waals surface area contributed by atoms with Crippen LogP contribution in [0, 0.1) is 11.9 Å². The molecule has 0 aromatic carbocycles. The van der Waals surface area contributed by atoms with Gasteiger partial charge in [0.1, 0.15) is 0 Å². The number of thiol groups is 1. The predicted octanol–water partition coefficient (Wildman–Crippen LogP) is 8.40. The molecule has 13 heteroatoms. The standard InChI is InChI=1S/C14H24FNO2SSi.C8H20O2SSi.C6H5ClFN/c1-4-17-20(3,18-5-2)10-6-9-19-12-13-7-8-16-14(15)11-13;1-4-9-12(3,10-5-2)8-6-7-11;7-4-5-1-2-9-6(8)3-5/h7-8,11H,4-6,9-10,12H2,1-3H3;11H,4-8H2,1-3H3;1-3H,4H2. The van der Waals surface area contributed by atoms with Crippen molar-refractivity contribution in [2.24, 2.45) is 0 Å². The molecule has 2 aromatic heterocycles. The third-order valence-corrected chi connectivity index (χ3v) is 13.4. The maximum Gasteiger partial charge on any atom is 0.334 e. The van der Waals surface area contributed by atoms with E-state index in [0.29, 0.717) is 19.1 Å². The second-order valence-corrected chi connectivity index (χ2v) is 17.6. The van der Waals surface area contributed by atoms with Crippen molar-refractivity contribution in [3.05, 3.63) is 59.7 Å². The molecule has 0 N–H and O–H groups in total. The summed E-state index contributed by atoms with van der Waals surface area (Å²) in [6.45, 7) is 15.3. The maximum atomic E-state index is 12.9. The minimum atomic E-state index is -1.97. The summed E-state index contributed by atoms with van der Waals surface area (Å²) in [6.07, 6.45) is 5.07. The van der Waals surface area contributed by atoms with E-state index in [2.05, 4.69) is 35.7 Å². The van der Waals surface area contributed by atoms with Gasteiger partial charge >= 0.3 is 17.1 Å². The highest BCUT2D eigenvalue weighted by Crippen LogP contribution is 2.20. The van der Waals surface area contributed by atoms with E-state index in [9.17, 15) is 8.78 Å². The fourth-order valence-electron chi connectivity index (χ4n) is 3.74. The molecule has 0 bridgehead atoms. The lowest BCUT2D eigenvalue weighted by molar-refractivity contribution is 0.188. The number of alkyl halides is 1. The molecule has 2 heterocycles. The zero-order valence-corrected chi connectivity index (χ0v) is 29.9. The third kappa shape index (κ3) is 20.9. The van der Waals surface area contributed by atoms with Crippen LogP contribution in [0.1, 0.15) is 51.7 Å². The first-order chi connectivity index (χ1) is 19.6. The van der Waals surface area contributed by atoms with Crippen LogP contribution in [0.4, 0.5) is 8.78 Å². The van der Waals surface area contributed by atoms with Gasteiger partial charge in [0, 0.05) is 50.5 Å². The van der Waals surface area contributed by atoms with Crippen molar-refractivity contribution in [2.75, 3.05) is 37.9 Å². The number of nitrogens with zero attached hydrogens (tertiary/aromatic N) is 2. The number of hydrogen-bond donors (Lipinski definition) is 1. The Hall–Kier alpha value is -0.576. The van der Waals surface area contributed by atoms with Gasteiger partial charge in [-0.3, -0.25) is 0 Å². The molecule has 0 aliphatic heterocycles. The Morgan fingerprint density at radius 3 is 1.61 bits per heavy atom. The molecule has 0 fully saturated rings. The van der Waals surface area contributed by atoms with E-state index in [0.717, 1.165) is 66.5 Å². The monoisotopic (exact) mass is 670 g/mol. The highest BCUT2D eigenvalue weighted by Gasteiger charge is 2.30. The molecule has 0 saturated carbocycles. The second kappa shape index (κ2) is 24.8. The normalized spacial score (nSPS) is 11.4. The average Bonchev–Trinajstić information content (AvgIpc) is 2.93. The summed E-state index contributed by atoms with van der Waals surface area (Å²) in [5, 5.41) is 0. The van der Waals surface area contributed by atoms with E-state index < -0.39 is 29.0 Å². The van der Waals surface area contributed by atoms with Crippen molar-refractivity contribution in [1.82, 2.24) is 9.97 Å². The number of rotatable bonds is 18. The SMILES string of the molecule is CCO[Si](C)(CCCS)OCC.CCO[Si](C)(CCCSCc1ccnc(F)c1)OCC.Fc1cc(CCl)ccn1. The van der Waals surface area contributed by atoms with Gasteiger partial charge in [-0.05, 0) is 113 Å². The molecule has 2 aromatic rings. The molecule has 0 saturated heterocycles. The van der Waals surface area contributed by atoms with Gasteiger partial charge in [-0.25, -0.2) is 9.97 Å². The zero-order valence-electron chi connectivity index (χ0n) is 25.5. The third-order valence-electron chi connectivity index (χ3n) is 5.51. The Morgan fingerprint density at radius 1 is 0.780 bits per heavy atom. The fraction of sp³-hybridized carbons (Fsp3) is 0.643. The van der Waals surface area contributed by atoms with E-state index in [1.165, 1.54) is 24.5 Å². The summed E-state index contributed by atoms with van der Waals surface area (Å²) in [6, 6.07) is 8.40. The summed E-state index contributed by atoms with van der Waals surface area (Å²) in [4.78, 5) is 6.92. The van der Waals surface area contributed by atoms with Gasteiger partial charge in [0.25, 0.3) is 0 Å². The summed E-state index contributed by atoms with van der Waals surface area (Å²) in [5.41, 5.74) is 1.74. The highest BCUT2D eigenvalue weighted by molar-refractivity contribution is 7.98. The van der Waals surface area contributed by atoms with Crippen molar-refractivity contribution < 1.29 is 26.5 Å². The molecule has 0 aliphatic rings. The van der Waals surface area contributed by atoms with Crippen LogP contribution in [0.2, 0.25) is 25.2 Å². The van der Waals surface area contributed by atoms with E-state index in [1.807, 2.05) is 45.5 Å². The van der Waals surface area contributed by atoms with Gasteiger partial charge in [-0.2, -0.15) is 33.2 Å². The van der Waals surface area contributed by atoms with Crippen LogP contribution in [-0.4, -0.2) is 65.0 Å². The first-order valence-electron chi connectivity index (χ1n) is 14.1. The molecule has 0 atom stereocenters. The van der Waals surface area contributed by atoms with Crippen LogP contribution in [0.25, 0.3) is 0 Å². The second-order valence-electron chi connectivity index (χ2n) is 9.09. The first kappa shape index (κ1) is 40.4. The summed E-state index contributed by atoms with van der Waals surface area (Å²) >= 11 is 11.4. The van der Waals surface area contributed by atoms with Crippen molar-refractivity contribution in [2.45, 2.75) is 77.4 Å². The van der Waals surface area contributed by atoms with Gasteiger partial charge < -0.3 is 17.7 Å². The summed E-state index contributed by atoms with van der Waals surface area (Å²) < 4.78 is 48.0. The summed E-state index contributed by atoms with van der Waals surface area (Å²) in [5.74, 6) is 2.22. The molecular weight excluding hydrogens is 622 g/mol.